The van der Waals surface area contributed by atoms with Crippen molar-refractivity contribution >= 4 is 27.6 Å². The molecule has 2 N–H and O–H groups in total. The molecule has 0 radical (unpaired) electrons. The summed E-state index contributed by atoms with van der Waals surface area (Å²) in [5.41, 5.74) is 0. The van der Waals surface area contributed by atoms with E-state index in [9.17, 15) is 17.6 Å². The first-order valence-corrected chi connectivity index (χ1v) is 7.33. The fourth-order valence-electron chi connectivity index (χ4n) is 1.41. The standard InChI is InChI=1S/C11H13ClFNO5S/c1-19-5-4-9(11(15)16)14-20(17,18)10-3-2-7(12)6-8(10)13/h2-3,6,9,14H,4-5H2,1H3,(H,15,16). The maximum Gasteiger partial charge on any atom is 0.321 e. The molecule has 1 rings (SSSR count). The molecular formula is C11H13ClFNO5S. The van der Waals surface area contributed by atoms with Crippen molar-refractivity contribution < 1.29 is 27.4 Å². The summed E-state index contributed by atoms with van der Waals surface area (Å²) < 4.78 is 44.1. The van der Waals surface area contributed by atoms with Gasteiger partial charge in [-0.3, -0.25) is 4.79 Å². The lowest BCUT2D eigenvalue weighted by Crippen LogP contribution is -2.41. The lowest BCUT2D eigenvalue weighted by atomic mass is 10.2. The molecule has 20 heavy (non-hydrogen) atoms. The Morgan fingerprint density at radius 1 is 1.55 bits per heavy atom. The Morgan fingerprint density at radius 2 is 2.20 bits per heavy atom. The van der Waals surface area contributed by atoms with Gasteiger partial charge in [-0.25, -0.2) is 12.8 Å². The SMILES string of the molecule is COCCC(NS(=O)(=O)c1ccc(Cl)cc1F)C(=O)O. The Morgan fingerprint density at radius 3 is 2.70 bits per heavy atom. The van der Waals surface area contributed by atoms with Crippen LogP contribution in [0.1, 0.15) is 6.42 Å². The molecule has 6 nitrogen and oxygen atoms in total. The van der Waals surface area contributed by atoms with E-state index in [0.717, 1.165) is 12.1 Å². The number of carboxylic acids is 1. The number of halogens is 2. The number of carboxylic acid groups (broad SMARTS) is 1. The molecule has 0 aliphatic carbocycles. The van der Waals surface area contributed by atoms with Gasteiger partial charge in [0.25, 0.3) is 0 Å². The molecule has 0 aliphatic heterocycles. The van der Waals surface area contributed by atoms with Crippen molar-refractivity contribution in [2.45, 2.75) is 17.4 Å². The minimum absolute atomic E-state index is 0.0376. The zero-order chi connectivity index (χ0) is 15.3. The molecule has 0 bridgehead atoms. The molecule has 0 spiro atoms. The van der Waals surface area contributed by atoms with Crippen LogP contribution in [0.3, 0.4) is 0 Å². The minimum Gasteiger partial charge on any atom is -0.480 e. The van der Waals surface area contributed by atoms with E-state index in [1.807, 2.05) is 4.72 Å². The van der Waals surface area contributed by atoms with Crippen LogP contribution >= 0.6 is 11.6 Å². The van der Waals surface area contributed by atoms with Crippen LogP contribution in [-0.2, 0) is 19.6 Å². The van der Waals surface area contributed by atoms with Gasteiger partial charge in [0.1, 0.15) is 16.8 Å². The minimum atomic E-state index is -4.30. The zero-order valence-corrected chi connectivity index (χ0v) is 12.0. The lowest BCUT2D eigenvalue weighted by Gasteiger charge is -2.14. The van der Waals surface area contributed by atoms with Crippen molar-refractivity contribution in [1.82, 2.24) is 4.72 Å². The van der Waals surface area contributed by atoms with Crippen LogP contribution in [0.2, 0.25) is 5.02 Å². The van der Waals surface area contributed by atoms with Crippen LogP contribution < -0.4 is 4.72 Å². The molecule has 0 aromatic heterocycles. The summed E-state index contributed by atoms with van der Waals surface area (Å²) in [6, 6.07) is 1.59. The Balaban J connectivity index is 3.00. The number of aliphatic carboxylic acids is 1. The monoisotopic (exact) mass is 325 g/mol. The van der Waals surface area contributed by atoms with Gasteiger partial charge in [0.15, 0.2) is 0 Å². The summed E-state index contributed by atoms with van der Waals surface area (Å²) in [6.07, 6.45) is -0.0831. The second-order valence-corrected chi connectivity index (χ2v) is 5.99. The van der Waals surface area contributed by atoms with E-state index in [1.54, 1.807) is 0 Å². The van der Waals surface area contributed by atoms with E-state index >= 15 is 0 Å². The third kappa shape index (κ3) is 4.41. The summed E-state index contributed by atoms with van der Waals surface area (Å²) in [7, 11) is -2.95. The number of hydrogen-bond donors (Lipinski definition) is 2. The van der Waals surface area contributed by atoms with Gasteiger partial charge >= 0.3 is 5.97 Å². The number of methoxy groups -OCH3 is 1. The highest BCUT2D eigenvalue weighted by Gasteiger charge is 2.27. The summed E-state index contributed by atoms with van der Waals surface area (Å²) in [5, 5.41) is 8.96. The molecule has 0 aliphatic rings. The number of benzene rings is 1. The summed E-state index contributed by atoms with van der Waals surface area (Å²) in [4.78, 5) is 10.3. The van der Waals surface area contributed by atoms with Gasteiger partial charge in [-0.15, -0.1) is 0 Å². The van der Waals surface area contributed by atoms with E-state index < -0.39 is 32.7 Å². The van der Waals surface area contributed by atoms with E-state index in [2.05, 4.69) is 0 Å². The van der Waals surface area contributed by atoms with Crippen LogP contribution in [0.25, 0.3) is 0 Å². The number of sulfonamides is 1. The molecule has 1 unspecified atom stereocenters. The molecule has 0 saturated carbocycles. The second-order valence-electron chi connectivity index (χ2n) is 3.87. The summed E-state index contributed by atoms with van der Waals surface area (Å²) in [5.74, 6) is -2.43. The predicted molar refractivity (Wildman–Crippen MR) is 69.6 cm³/mol. The van der Waals surface area contributed by atoms with Crippen LogP contribution in [-0.4, -0.2) is 39.3 Å². The van der Waals surface area contributed by atoms with Gasteiger partial charge in [0.2, 0.25) is 10.0 Å². The number of ether oxygens (including phenoxy) is 1. The number of hydrogen-bond acceptors (Lipinski definition) is 4. The number of nitrogens with one attached hydrogen (secondary N) is 1. The highest BCUT2D eigenvalue weighted by molar-refractivity contribution is 7.89. The first-order chi connectivity index (χ1) is 9.27. The van der Waals surface area contributed by atoms with Gasteiger partial charge in [-0.05, 0) is 24.6 Å². The van der Waals surface area contributed by atoms with Crippen molar-refractivity contribution in [3.8, 4) is 0 Å². The third-order valence-electron chi connectivity index (χ3n) is 2.39. The highest BCUT2D eigenvalue weighted by Crippen LogP contribution is 2.19. The Bertz CT molecular complexity index is 592. The van der Waals surface area contributed by atoms with E-state index in [0.29, 0.717) is 0 Å². The van der Waals surface area contributed by atoms with Gasteiger partial charge in [0.05, 0.1) is 0 Å². The predicted octanol–water partition coefficient (Wildman–Crippen LogP) is 1.25. The average molecular weight is 326 g/mol. The fourth-order valence-corrected chi connectivity index (χ4v) is 2.85. The van der Waals surface area contributed by atoms with Crippen molar-refractivity contribution in [2.75, 3.05) is 13.7 Å². The maximum atomic E-state index is 13.6. The smallest absolute Gasteiger partial charge is 0.321 e. The second kappa shape index (κ2) is 6.98. The van der Waals surface area contributed by atoms with Gasteiger partial charge in [0, 0.05) is 18.7 Å². The Labute approximate surface area is 120 Å². The molecule has 1 atom stereocenters. The number of rotatable bonds is 7. The summed E-state index contributed by atoms with van der Waals surface area (Å²) >= 11 is 5.53. The van der Waals surface area contributed by atoms with Crippen molar-refractivity contribution in [1.29, 1.82) is 0 Å². The van der Waals surface area contributed by atoms with Crippen molar-refractivity contribution in [3.05, 3.63) is 29.0 Å². The zero-order valence-electron chi connectivity index (χ0n) is 10.5. The molecule has 112 valence electrons. The van der Waals surface area contributed by atoms with Crippen molar-refractivity contribution in [2.24, 2.45) is 0 Å². The van der Waals surface area contributed by atoms with Gasteiger partial charge in [-0.2, -0.15) is 4.72 Å². The van der Waals surface area contributed by atoms with Crippen LogP contribution in [0, 0.1) is 5.82 Å². The van der Waals surface area contributed by atoms with E-state index in [-0.39, 0.29) is 18.1 Å². The summed E-state index contributed by atoms with van der Waals surface area (Å²) in [6.45, 7) is 0.0442. The molecule has 9 heteroatoms. The largest absolute Gasteiger partial charge is 0.480 e. The Kier molecular flexibility index (Phi) is 5.88. The van der Waals surface area contributed by atoms with E-state index in [4.69, 9.17) is 21.4 Å². The molecular weight excluding hydrogens is 313 g/mol. The molecule has 0 saturated heterocycles. The number of carbonyl (C=O) groups is 1. The molecule has 1 aromatic carbocycles. The van der Waals surface area contributed by atoms with Crippen molar-refractivity contribution in [3.63, 3.8) is 0 Å². The highest BCUT2D eigenvalue weighted by atomic mass is 35.5. The lowest BCUT2D eigenvalue weighted by molar-refractivity contribution is -0.139. The van der Waals surface area contributed by atoms with Crippen LogP contribution in [0.4, 0.5) is 4.39 Å². The average Bonchev–Trinajstić information content (AvgIpc) is 2.33. The van der Waals surface area contributed by atoms with Gasteiger partial charge in [-0.1, -0.05) is 11.6 Å². The molecule has 0 fully saturated rings. The molecule has 0 amide bonds. The Hall–Kier alpha value is -1.22. The fraction of sp³-hybridized carbons (Fsp3) is 0.364. The van der Waals surface area contributed by atoms with Crippen LogP contribution in [0.5, 0.6) is 0 Å². The van der Waals surface area contributed by atoms with Crippen LogP contribution in [0.15, 0.2) is 23.1 Å². The first kappa shape index (κ1) is 16.8. The van der Waals surface area contributed by atoms with E-state index in [1.165, 1.54) is 13.2 Å². The normalized spacial score (nSPS) is 13.2. The molecule has 1 aromatic rings. The quantitative estimate of drug-likeness (QED) is 0.787. The topological polar surface area (TPSA) is 92.7 Å². The first-order valence-electron chi connectivity index (χ1n) is 5.47. The molecule has 0 heterocycles. The third-order valence-corrected chi connectivity index (χ3v) is 4.13. The van der Waals surface area contributed by atoms with Gasteiger partial charge < -0.3 is 9.84 Å². The maximum absolute atomic E-state index is 13.6.